The summed E-state index contributed by atoms with van der Waals surface area (Å²) in [5.74, 6) is 4.34. The first-order valence-electron chi connectivity index (χ1n) is 9.70. The molecule has 0 aromatic heterocycles. The van der Waals surface area contributed by atoms with E-state index in [1.807, 2.05) is 13.0 Å². The first kappa shape index (κ1) is 20.0. The second kappa shape index (κ2) is 8.98. The van der Waals surface area contributed by atoms with Gasteiger partial charge in [0, 0.05) is 5.92 Å². The molecule has 4 heteroatoms. The Kier molecular flexibility index (Phi) is 6.42. The van der Waals surface area contributed by atoms with Gasteiger partial charge >= 0.3 is 0 Å². The van der Waals surface area contributed by atoms with Crippen molar-refractivity contribution >= 4 is 0 Å². The molecule has 1 aliphatic carbocycles. The summed E-state index contributed by atoms with van der Waals surface area (Å²) in [7, 11) is 0. The third-order valence-corrected chi connectivity index (χ3v) is 5.35. The SMILES string of the molecule is CCCc1cc(F)c(C#C[C@H]2CC[C@H](c3ccc(C#N)c(F)c3)CC2)c(F)c1. The highest BCUT2D eigenvalue weighted by molar-refractivity contribution is 5.40. The Labute approximate surface area is 164 Å². The monoisotopic (exact) mass is 381 g/mol. The van der Waals surface area contributed by atoms with Crippen LogP contribution in [0.25, 0.3) is 0 Å². The Bertz CT molecular complexity index is 931. The van der Waals surface area contributed by atoms with E-state index in [1.54, 1.807) is 6.07 Å². The quantitative estimate of drug-likeness (QED) is 0.576. The zero-order valence-electron chi connectivity index (χ0n) is 15.9. The van der Waals surface area contributed by atoms with Crippen molar-refractivity contribution in [2.75, 3.05) is 0 Å². The summed E-state index contributed by atoms with van der Waals surface area (Å²) < 4.78 is 42.2. The Hall–Kier alpha value is -2.72. The van der Waals surface area contributed by atoms with Gasteiger partial charge in [-0.15, -0.1) is 0 Å². The van der Waals surface area contributed by atoms with Crippen molar-refractivity contribution in [3.63, 3.8) is 0 Å². The minimum atomic E-state index is -0.599. The van der Waals surface area contributed by atoms with Gasteiger partial charge in [0.15, 0.2) is 0 Å². The van der Waals surface area contributed by atoms with E-state index in [0.717, 1.165) is 37.7 Å². The lowest BCUT2D eigenvalue weighted by molar-refractivity contribution is 0.384. The van der Waals surface area contributed by atoms with Gasteiger partial charge in [0.1, 0.15) is 23.5 Å². The minimum absolute atomic E-state index is 0.0531. The van der Waals surface area contributed by atoms with Crippen LogP contribution in [-0.4, -0.2) is 0 Å². The molecule has 1 nitrogen and oxygen atoms in total. The molecule has 1 aliphatic rings. The summed E-state index contributed by atoms with van der Waals surface area (Å²) in [6.45, 7) is 1.96. The van der Waals surface area contributed by atoms with Crippen LogP contribution in [0.5, 0.6) is 0 Å². The molecular weight excluding hydrogens is 359 g/mol. The lowest BCUT2D eigenvalue weighted by Crippen LogP contribution is -2.12. The number of aryl methyl sites for hydroxylation is 1. The van der Waals surface area contributed by atoms with Gasteiger partial charge in [-0.25, -0.2) is 13.2 Å². The standard InChI is InChI=1S/C24H22F3N/c1-2-3-17-12-23(26)21(24(27)13-17)11-6-16-4-7-18(8-5-16)19-9-10-20(15-28)22(25)14-19/h9-10,12-14,16,18H,2-5,7-8H2,1H3/t16-,18-. The van der Waals surface area contributed by atoms with Crippen molar-refractivity contribution in [3.05, 3.63) is 70.0 Å². The Balaban J connectivity index is 1.66. The molecule has 2 aromatic carbocycles. The van der Waals surface area contributed by atoms with E-state index in [9.17, 15) is 13.2 Å². The number of nitrogens with zero attached hydrogens (tertiary/aromatic N) is 1. The van der Waals surface area contributed by atoms with Crippen molar-refractivity contribution in [2.45, 2.75) is 51.4 Å². The lowest BCUT2D eigenvalue weighted by atomic mass is 9.78. The minimum Gasteiger partial charge on any atom is -0.206 e. The number of rotatable bonds is 3. The van der Waals surface area contributed by atoms with E-state index in [0.29, 0.717) is 12.0 Å². The van der Waals surface area contributed by atoms with Crippen LogP contribution in [0.15, 0.2) is 30.3 Å². The first-order valence-corrected chi connectivity index (χ1v) is 9.70. The zero-order valence-corrected chi connectivity index (χ0v) is 15.9. The predicted octanol–water partition coefficient (Wildman–Crippen LogP) is 6.25. The molecule has 0 radical (unpaired) electrons. The summed E-state index contributed by atoms with van der Waals surface area (Å²) in [6.07, 6.45) is 4.75. The number of benzene rings is 2. The van der Waals surface area contributed by atoms with Crippen molar-refractivity contribution in [1.29, 1.82) is 5.26 Å². The van der Waals surface area contributed by atoms with Crippen LogP contribution in [0.3, 0.4) is 0 Å². The maximum Gasteiger partial charge on any atom is 0.142 e. The van der Waals surface area contributed by atoms with Gasteiger partial charge < -0.3 is 0 Å². The topological polar surface area (TPSA) is 23.8 Å². The van der Waals surface area contributed by atoms with E-state index in [-0.39, 0.29) is 23.0 Å². The van der Waals surface area contributed by atoms with Crippen LogP contribution in [0.1, 0.15) is 67.2 Å². The molecule has 0 spiro atoms. The van der Waals surface area contributed by atoms with Crippen LogP contribution in [0, 0.1) is 46.5 Å². The molecule has 0 unspecified atom stereocenters. The predicted molar refractivity (Wildman–Crippen MR) is 103 cm³/mol. The summed E-state index contributed by atoms with van der Waals surface area (Å²) in [5.41, 5.74) is 1.44. The number of hydrogen-bond acceptors (Lipinski definition) is 1. The Morgan fingerprint density at radius 3 is 2.21 bits per heavy atom. The molecule has 0 heterocycles. The van der Waals surface area contributed by atoms with Gasteiger partial charge in [-0.3, -0.25) is 0 Å². The molecule has 28 heavy (non-hydrogen) atoms. The van der Waals surface area contributed by atoms with Crippen LogP contribution in [0.4, 0.5) is 13.2 Å². The van der Waals surface area contributed by atoms with Crippen molar-refractivity contribution < 1.29 is 13.2 Å². The highest BCUT2D eigenvalue weighted by Gasteiger charge is 2.22. The van der Waals surface area contributed by atoms with Crippen LogP contribution < -0.4 is 0 Å². The first-order chi connectivity index (χ1) is 13.5. The maximum atomic E-state index is 14.2. The van der Waals surface area contributed by atoms with Crippen molar-refractivity contribution in [3.8, 4) is 17.9 Å². The highest BCUT2D eigenvalue weighted by atomic mass is 19.1. The zero-order chi connectivity index (χ0) is 20.1. The summed E-state index contributed by atoms with van der Waals surface area (Å²) >= 11 is 0. The van der Waals surface area contributed by atoms with E-state index < -0.39 is 17.5 Å². The second-order valence-corrected chi connectivity index (χ2v) is 7.35. The van der Waals surface area contributed by atoms with Crippen molar-refractivity contribution in [2.24, 2.45) is 5.92 Å². The molecule has 0 atom stereocenters. The van der Waals surface area contributed by atoms with E-state index >= 15 is 0 Å². The van der Waals surface area contributed by atoms with Gasteiger partial charge in [-0.2, -0.15) is 5.26 Å². The van der Waals surface area contributed by atoms with Gasteiger partial charge in [-0.05, 0) is 73.4 Å². The highest BCUT2D eigenvalue weighted by Crippen LogP contribution is 2.36. The van der Waals surface area contributed by atoms with Crippen molar-refractivity contribution in [1.82, 2.24) is 0 Å². The molecule has 3 rings (SSSR count). The van der Waals surface area contributed by atoms with Crippen LogP contribution in [0.2, 0.25) is 0 Å². The number of nitriles is 1. The third-order valence-electron chi connectivity index (χ3n) is 5.35. The number of hydrogen-bond donors (Lipinski definition) is 0. The second-order valence-electron chi connectivity index (χ2n) is 7.35. The van der Waals surface area contributed by atoms with Crippen LogP contribution >= 0.6 is 0 Å². The fourth-order valence-corrected chi connectivity index (χ4v) is 3.80. The smallest absolute Gasteiger partial charge is 0.142 e. The van der Waals surface area contributed by atoms with Crippen LogP contribution in [-0.2, 0) is 6.42 Å². The normalized spacial score (nSPS) is 18.8. The maximum absolute atomic E-state index is 14.2. The molecule has 0 amide bonds. The number of halogens is 3. The van der Waals surface area contributed by atoms with E-state index in [4.69, 9.17) is 5.26 Å². The lowest BCUT2D eigenvalue weighted by Gasteiger charge is -2.26. The van der Waals surface area contributed by atoms with E-state index in [1.165, 1.54) is 24.3 Å². The molecule has 1 fully saturated rings. The molecule has 0 aliphatic heterocycles. The molecule has 2 aromatic rings. The fraction of sp³-hybridized carbons (Fsp3) is 0.375. The molecule has 144 valence electrons. The largest absolute Gasteiger partial charge is 0.206 e. The molecular formula is C24H22F3N. The Morgan fingerprint density at radius 1 is 0.964 bits per heavy atom. The molecule has 0 saturated heterocycles. The molecule has 0 bridgehead atoms. The summed E-state index contributed by atoms with van der Waals surface area (Å²) in [5, 5.41) is 8.83. The Morgan fingerprint density at radius 2 is 1.64 bits per heavy atom. The fourth-order valence-electron chi connectivity index (χ4n) is 3.80. The molecule has 1 saturated carbocycles. The van der Waals surface area contributed by atoms with E-state index in [2.05, 4.69) is 11.8 Å². The van der Waals surface area contributed by atoms with Gasteiger partial charge in [0.25, 0.3) is 0 Å². The van der Waals surface area contributed by atoms with Gasteiger partial charge in [0.05, 0.1) is 11.1 Å². The summed E-state index contributed by atoms with van der Waals surface area (Å²) in [4.78, 5) is 0. The average molecular weight is 381 g/mol. The molecule has 0 N–H and O–H groups in total. The van der Waals surface area contributed by atoms with Gasteiger partial charge in [-0.1, -0.05) is 31.3 Å². The van der Waals surface area contributed by atoms with Gasteiger partial charge in [0.2, 0.25) is 0 Å². The third kappa shape index (κ3) is 4.57. The summed E-state index contributed by atoms with van der Waals surface area (Å²) in [6, 6.07) is 9.33. The average Bonchev–Trinajstić information content (AvgIpc) is 2.68.